The minimum absolute atomic E-state index is 0.00944. The van der Waals surface area contributed by atoms with E-state index in [9.17, 15) is 4.79 Å². The lowest BCUT2D eigenvalue weighted by atomic mass is 10.1. The van der Waals surface area contributed by atoms with Gasteiger partial charge in [0.25, 0.3) is 5.91 Å². The quantitative estimate of drug-likeness (QED) is 0.834. The van der Waals surface area contributed by atoms with Crippen LogP contribution in [0.1, 0.15) is 12.5 Å². The van der Waals surface area contributed by atoms with E-state index in [0.29, 0.717) is 19.7 Å². The molecule has 0 saturated carbocycles. The zero-order valence-electron chi connectivity index (χ0n) is 11.9. The number of hydrogen-bond donors (Lipinski definition) is 1. The van der Waals surface area contributed by atoms with Crippen LogP contribution in [0.15, 0.2) is 18.2 Å². The molecule has 3 rings (SSSR count). The van der Waals surface area contributed by atoms with Gasteiger partial charge in [-0.15, -0.1) is 0 Å². The second-order valence-electron chi connectivity index (χ2n) is 5.41. The molecule has 0 radical (unpaired) electrons. The molecule has 2 aliphatic rings. The maximum absolute atomic E-state index is 12.7. The number of nitrogens with one attached hydrogen (secondary N) is 1. The summed E-state index contributed by atoms with van der Waals surface area (Å²) in [5.74, 6) is 0.790. The highest BCUT2D eigenvalue weighted by molar-refractivity contribution is 5.98. The Balaban J connectivity index is 1.88. The summed E-state index contributed by atoms with van der Waals surface area (Å²) in [5.41, 5.74) is 1.97. The average molecular weight is 276 g/mol. The lowest BCUT2D eigenvalue weighted by Gasteiger charge is -2.36. The summed E-state index contributed by atoms with van der Waals surface area (Å²) in [6.07, 6.45) is -0.409. The number of amides is 1. The lowest BCUT2D eigenvalue weighted by molar-refractivity contribution is -0.131. The summed E-state index contributed by atoms with van der Waals surface area (Å²) in [7, 11) is 0. The maximum atomic E-state index is 12.7. The van der Waals surface area contributed by atoms with Gasteiger partial charge in [0.05, 0.1) is 18.8 Å². The third-order valence-corrected chi connectivity index (χ3v) is 3.64. The molecule has 0 aromatic heterocycles. The first-order valence-electron chi connectivity index (χ1n) is 7.06. The molecule has 20 heavy (non-hydrogen) atoms. The van der Waals surface area contributed by atoms with Crippen molar-refractivity contribution < 1.29 is 14.3 Å². The van der Waals surface area contributed by atoms with Gasteiger partial charge in [0, 0.05) is 13.1 Å². The summed E-state index contributed by atoms with van der Waals surface area (Å²) in [6.45, 7) is 6.52. The van der Waals surface area contributed by atoms with Gasteiger partial charge in [-0.2, -0.15) is 0 Å². The number of fused-ring (bicyclic) bond motifs is 1. The normalized spacial score (nSPS) is 25.8. The van der Waals surface area contributed by atoms with Crippen LogP contribution in [0.3, 0.4) is 0 Å². The van der Waals surface area contributed by atoms with Gasteiger partial charge in [0.15, 0.2) is 0 Å². The largest absolute Gasteiger partial charge is 0.487 e. The molecule has 1 N–H and O–H groups in total. The van der Waals surface area contributed by atoms with Crippen molar-refractivity contribution in [3.63, 3.8) is 0 Å². The number of aryl methyl sites for hydroxylation is 1. The number of anilines is 1. The second kappa shape index (κ2) is 5.42. The highest BCUT2D eigenvalue weighted by Gasteiger charge is 2.33. The van der Waals surface area contributed by atoms with Crippen molar-refractivity contribution in [2.24, 2.45) is 0 Å². The predicted octanol–water partition coefficient (Wildman–Crippen LogP) is 1.10. The Morgan fingerprint density at radius 3 is 3.05 bits per heavy atom. The molecule has 108 valence electrons. The summed E-state index contributed by atoms with van der Waals surface area (Å²) in [6, 6.07) is 5.92. The van der Waals surface area contributed by atoms with Crippen LogP contribution in [0.5, 0.6) is 5.75 Å². The number of carbonyl (C=O) groups is 1. The zero-order chi connectivity index (χ0) is 14.1. The summed E-state index contributed by atoms with van der Waals surface area (Å²) >= 11 is 0. The Morgan fingerprint density at radius 2 is 2.30 bits per heavy atom. The number of ether oxygens (including phenoxy) is 2. The molecule has 5 heteroatoms. The third-order valence-electron chi connectivity index (χ3n) is 3.64. The monoisotopic (exact) mass is 276 g/mol. The standard InChI is InChI=1S/C15H20N2O3/c1-10-3-4-12-13(7-10)20-11(2)9-17(12)15(18)14-8-16-5-6-19-14/h3-4,7,11,14,16H,5-6,8-9H2,1-2H3/t11?,14-/m1/s1. The van der Waals surface area contributed by atoms with E-state index in [1.807, 2.05) is 32.0 Å². The molecular weight excluding hydrogens is 256 g/mol. The van der Waals surface area contributed by atoms with Crippen molar-refractivity contribution in [3.05, 3.63) is 23.8 Å². The van der Waals surface area contributed by atoms with Crippen LogP contribution in [0, 0.1) is 6.92 Å². The molecular formula is C15H20N2O3. The van der Waals surface area contributed by atoms with E-state index in [4.69, 9.17) is 9.47 Å². The van der Waals surface area contributed by atoms with E-state index in [-0.39, 0.29) is 12.0 Å². The van der Waals surface area contributed by atoms with E-state index >= 15 is 0 Å². The first kappa shape index (κ1) is 13.4. The van der Waals surface area contributed by atoms with Crippen molar-refractivity contribution in [2.75, 3.05) is 31.1 Å². The topological polar surface area (TPSA) is 50.8 Å². The van der Waals surface area contributed by atoms with Gasteiger partial charge in [-0.25, -0.2) is 0 Å². The Bertz CT molecular complexity index is 512. The van der Waals surface area contributed by atoms with E-state index < -0.39 is 6.10 Å². The molecule has 1 aromatic carbocycles. The van der Waals surface area contributed by atoms with Crippen LogP contribution in [-0.2, 0) is 9.53 Å². The Hall–Kier alpha value is -1.59. The molecule has 0 spiro atoms. The summed E-state index contributed by atoms with van der Waals surface area (Å²) in [5, 5.41) is 3.20. The maximum Gasteiger partial charge on any atom is 0.257 e. The number of hydrogen-bond acceptors (Lipinski definition) is 4. The van der Waals surface area contributed by atoms with Crippen molar-refractivity contribution in [2.45, 2.75) is 26.1 Å². The Morgan fingerprint density at radius 1 is 1.45 bits per heavy atom. The molecule has 1 saturated heterocycles. The van der Waals surface area contributed by atoms with Gasteiger partial charge in [0.1, 0.15) is 18.0 Å². The van der Waals surface area contributed by atoms with E-state index in [1.165, 1.54) is 0 Å². The van der Waals surface area contributed by atoms with Gasteiger partial charge in [-0.1, -0.05) is 6.07 Å². The highest BCUT2D eigenvalue weighted by atomic mass is 16.5. The van der Waals surface area contributed by atoms with Crippen LogP contribution in [-0.4, -0.2) is 44.4 Å². The molecule has 2 aliphatic heterocycles. The van der Waals surface area contributed by atoms with Gasteiger partial charge >= 0.3 is 0 Å². The number of rotatable bonds is 1. The van der Waals surface area contributed by atoms with Crippen molar-refractivity contribution >= 4 is 11.6 Å². The van der Waals surface area contributed by atoms with E-state index in [1.54, 1.807) is 4.90 Å². The second-order valence-corrected chi connectivity index (χ2v) is 5.41. The van der Waals surface area contributed by atoms with Gasteiger partial charge in [-0.05, 0) is 31.5 Å². The smallest absolute Gasteiger partial charge is 0.257 e. The molecule has 2 atom stereocenters. The molecule has 5 nitrogen and oxygen atoms in total. The number of morpholine rings is 1. The average Bonchev–Trinajstić information content (AvgIpc) is 2.46. The van der Waals surface area contributed by atoms with Gasteiger partial charge in [0.2, 0.25) is 0 Å². The van der Waals surface area contributed by atoms with Gasteiger partial charge < -0.3 is 19.7 Å². The molecule has 0 aliphatic carbocycles. The van der Waals surface area contributed by atoms with E-state index in [0.717, 1.165) is 23.5 Å². The molecule has 1 fully saturated rings. The summed E-state index contributed by atoms with van der Waals surface area (Å²) in [4.78, 5) is 14.4. The summed E-state index contributed by atoms with van der Waals surface area (Å²) < 4.78 is 11.4. The first-order valence-corrected chi connectivity index (χ1v) is 7.06. The van der Waals surface area contributed by atoms with Crippen molar-refractivity contribution in [1.82, 2.24) is 5.32 Å². The number of carbonyl (C=O) groups excluding carboxylic acids is 1. The van der Waals surface area contributed by atoms with Crippen LogP contribution in [0.25, 0.3) is 0 Å². The molecule has 2 heterocycles. The fourth-order valence-electron chi connectivity index (χ4n) is 2.65. The zero-order valence-corrected chi connectivity index (χ0v) is 11.9. The minimum atomic E-state index is -0.400. The lowest BCUT2D eigenvalue weighted by Crippen LogP contribution is -2.52. The molecule has 0 bridgehead atoms. The Labute approximate surface area is 118 Å². The highest BCUT2D eigenvalue weighted by Crippen LogP contribution is 2.34. The van der Waals surface area contributed by atoms with Crippen LogP contribution in [0.4, 0.5) is 5.69 Å². The Kier molecular flexibility index (Phi) is 3.63. The first-order chi connectivity index (χ1) is 9.65. The van der Waals surface area contributed by atoms with Gasteiger partial charge in [-0.3, -0.25) is 4.79 Å². The van der Waals surface area contributed by atoms with Crippen LogP contribution in [0.2, 0.25) is 0 Å². The SMILES string of the molecule is Cc1ccc2c(c1)OC(C)CN2C(=O)[C@H]1CNCCO1. The predicted molar refractivity (Wildman–Crippen MR) is 76.2 cm³/mol. The number of benzene rings is 1. The molecule has 1 unspecified atom stereocenters. The third kappa shape index (κ3) is 2.51. The fraction of sp³-hybridized carbons (Fsp3) is 0.533. The minimum Gasteiger partial charge on any atom is -0.487 e. The van der Waals surface area contributed by atoms with Crippen molar-refractivity contribution in [1.29, 1.82) is 0 Å². The van der Waals surface area contributed by atoms with Crippen LogP contribution < -0.4 is 15.0 Å². The van der Waals surface area contributed by atoms with Crippen molar-refractivity contribution in [3.8, 4) is 5.75 Å². The molecule has 1 amide bonds. The van der Waals surface area contributed by atoms with E-state index in [2.05, 4.69) is 5.32 Å². The van der Waals surface area contributed by atoms with Crippen LogP contribution >= 0.6 is 0 Å². The molecule has 1 aromatic rings. The fourth-order valence-corrected chi connectivity index (χ4v) is 2.65. The number of nitrogens with zero attached hydrogens (tertiary/aromatic N) is 1.